The average molecular weight is 376 g/mol. The molecule has 0 spiro atoms. The van der Waals surface area contributed by atoms with E-state index in [1.165, 1.54) is 36.2 Å². The van der Waals surface area contributed by atoms with Crippen molar-refractivity contribution < 1.29 is 4.79 Å². The molecule has 7 heteroatoms. The zero-order chi connectivity index (χ0) is 18.5. The Bertz CT molecular complexity index is 723. The van der Waals surface area contributed by atoms with Crippen molar-refractivity contribution in [3.63, 3.8) is 0 Å². The van der Waals surface area contributed by atoms with Gasteiger partial charge in [0, 0.05) is 30.1 Å². The third-order valence-electron chi connectivity index (χ3n) is 4.95. The summed E-state index contributed by atoms with van der Waals surface area (Å²) in [7, 11) is 0. The van der Waals surface area contributed by atoms with Gasteiger partial charge in [0.05, 0.1) is 6.20 Å². The highest BCUT2D eigenvalue weighted by molar-refractivity contribution is 7.10. The Labute approximate surface area is 159 Å². The van der Waals surface area contributed by atoms with E-state index in [9.17, 15) is 4.79 Å². The summed E-state index contributed by atoms with van der Waals surface area (Å²) in [5.74, 6) is -0.154. The van der Waals surface area contributed by atoms with Gasteiger partial charge in [-0.2, -0.15) is 0 Å². The van der Waals surface area contributed by atoms with Gasteiger partial charge in [-0.25, -0.2) is 0 Å². The number of nitrogens with zero attached hydrogens (tertiary/aromatic N) is 4. The van der Waals surface area contributed by atoms with Gasteiger partial charge in [-0.15, -0.1) is 16.4 Å². The highest BCUT2D eigenvalue weighted by Gasteiger charge is 2.23. The van der Waals surface area contributed by atoms with Crippen molar-refractivity contribution in [2.45, 2.75) is 71.6 Å². The smallest absolute Gasteiger partial charge is 0.273 e. The van der Waals surface area contributed by atoms with Crippen molar-refractivity contribution in [1.29, 1.82) is 0 Å². The summed E-state index contributed by atoms with van der Waals surface area (Å²) in [4.78, 5) is 16.1. The summed E-state index contributed by atoms with van der Waals surface area (Å²) in [6.07, 6.45) is 6.61. The van der Waals surface area contributed by atoms with Gasteiger partial charge < -0.3 is 5.32 Å². The lowest BCUT2D eigenvalue weighted by atomic mass is 9.99. The summed E-state index contributed by atoms with van der Waals surface area (Å²) in [6, 6.07) is 2.88. The second-order valence-corrected chi connectivity index (χ2v) is 8.43. The highest BCUT2D eigenvalue weighted by atomic mass is 32.1. The number of nitrogens with one attached hydrogen (secondary N) is 1. The maximum atomic E-state index is 12.0. The molecule has 1 aliphatic rings. The minimum absolute atomic E-state index is 0.101. The minimum Gasteiger partial charge on any atom is -0.348 e. The predicted octanol–water partition coefficient (Wildman–Crippen LogP) is 3.23. The van der Waals surface area contributed by atoms with Crippen LogP contribution < -0.4 is 5.32 Å². The number of piperidine rings is 1. The quantitative estimate of drug-likeness (QED) is 0.807. The Balaban J connectivity index is 1.56. The Morgan fingerprint density at radius 3 is 3.00 bits per heavy atom. The van der Waals surface area contributed by atoms with Crippen molar-refractivity contribution in [2.75, 3.05) is 6.54 Å². The number of aromatic nitrogens is 3. The monoisotopic (exact) mass is 375 g/mol. The number of rotatable bonds is 7. The zero-order valence-corrected chi connectivity index (χ0v) is 16.8. The maximum Gasteiger partial charge on any atom is 0.273 e. The topological polar surface area (TPSA) is 63.1 Å². The van der Waals surface area contributed by atoms with Crippen LogP contribution in [-0.2, 0) is 13.1 Å². The summed E-state index contributed by atoms with van der Waals surface area (Å²) in [5, 5.41) is 13.2. The number of hydrogen-bond donors (Lipinski definition) is 1. The molecule has 1 atom stereocenters. The molecule has 0 saturated carbocycles. The van der Waals surface area contributed by atoms with Crippen molar-refractivity contribution in [3.8, 4) is 0 Å². The normalized spacial score (nSPS) is 18.4. The Hall–Kier alpha value is -1.73. The van der Waals surface area contributed by atoms with Gasteiger partial charge in [0.25, 0.3) is 5.91 Å². The molecule has 3 heterocycles. The van der Waals surface area contributed by atoms with Crippen LogP contribution in [0.25, 0.3) is 0 Å². The van der Waals surface area contributed by atoms with Gasteiger partial charge >= 0.3 is 0 Å². The number of carbonyl (C=O) groups is 1. The van der Waals surface area contributed by atoms with E-state index in [4.69, 9.17) is 0 Å². The lowest BCUT2D eigenvalue weighted by Gasteiger charge is -2.35. The number of hydrogen-bond acceptors (Lipinski definition) is 5. The Morgan fingerprint density at radius 1 is 1.42 bits per heavy atom. The first-order valence-electron chi connectivity index (χ1n) is 9.51. The van der Waals surface area contributed by atoms with Gasteiger partial charge in [-0.05, 0) is 63.6 Å². The molecule has 1 aliphatic heterocycles. The van der Waals surface area contributed by atoms with Crippen LogP contribution in [-0.4, -0.2) is 44.4 Å². The number of likely N-dealkylation sites (tertiary alicyclic amines) is 1. The molecule has 2 aromatic heterocycles. The highest BCUT2D eigenvalue weighted by Crippen LogP contribution is 2.25. The van der Waals surface area contributed by atoms with Crippen LogP contribution in [0.15, 0.2) is 17.6 Å². The van der Waals surface area contributed by atoms with Crippen LogP contribution in [0.1, 0.15) is 60.5 Å². The molecule has 1 N–H and O–H groups in total. The maximum absolute atomic E-state index is 12.0. The molecule has 1 fully saturated rings. The third-order valence-corrected chi connectivity index (χ3v) is 5.95. The lowest BCUT2D eigenvalue weighted by Crippen LogP contribution is -2.39. The van der Waals surface area contributed by atoms with Crippen molar-refractivity contribution in [2.24, 2.45) is 0 Å². The van der Waals surface area contributed by atoms with Crippen LogP contribution in [0.4, 0.5) is 0 Å². The predicted molar refractivity (Wildman–Crippen MR) is 104 cm³/mol. The van der Waals surface area contributed by atoms with E-state index in [0.717, 1.165) is 19.5 Å². The van der Waals surface area contributed by atoms with Gasteiger partial charge in [0.15, 0.2) is 5.69 Å². The Morgan fingerprint density at radius 2 is 2.27 bits per heavy atom. The fourth-order valence-electron chi connectivity index (χ4n) is 3.47. The fourth-order valence-corrected chi connectivity index (χ4v) is 4.41. The number of amides is 1. The van der Waals surface area contributed by atoms with Crippen LogP contribution in [0, 0.1) is 6.92 Å². The second-order valence-electron chi connectivity index (χ2n) is 7.43. The van der Waals surface area contributed by atoms with E-state index >= 15 is 0 Å². The largest absolute Gasteiger partial charge is 0.348 e. The second kappa shape index (κ2) is 8.77. The number of aryl methyl sites for hydroxylation is 2. The third kappa shape index (κ3) is 4.92. The summed E-state index contributed by atoms with van der Waals surface area (Å²) < 4.78 is 1.80. The van der Waals surface area contributed by atoms with Crippen LogP contribution in [0.3, 0.4) is 0 Å². The van der Waals surface area contributed by atoms with Crippen LogP contribution in [0.2, 0.25) is 0 Å². The molecule has 0 aliphatic carbocycles. The van der Waals surface area contributed by atoms with Gasteiger partial charge in [-0.3, -0.25) is 14.4 Å². The molecule has 0 radical (unpaired) electrons. The molecule has 1 amide bonds. The standard InChI is InChI=1S/C19H29N5OS/c1-14(2)20-19(25)17-12-24(22-21-17)10-7-16-6-4-5-9-23(16)13-18-15(3)8-11-26-18/h8,11-12,14,16H,4-7,9-10,13H2,1-3H3,(H,20,25)/t16-/m0/s1. The molecule has 26 heavy (non-hydrogen) atoms. The number of carbonyl (C=O) groups excluding carboxylic acids is 1. The number of thiophene rings is 1. The van der Waals surface area contributed by atoms with E-state index in [1.807, 2.05) is 25.2 Å². The lowest BCUT2D eigenvalue weighted by molar-refractivity contribution is 0.0938. The fraction of sp³-hybridized carbons (Fsp3) is 0.632. The summed E-state index contributed by atoms with van der Waals surface area (Å²) >= 11 is 1.86. The van der Waals surface area contributed by atoms with Gasteiger partial charge in [0.2, 0.25) is 0 Å². The van der Waals surface area contributed by atoms with E-state index in [1.54, 1.807) is 10.9 Å². The first-order chi connectivity index (χ1) is 12.5. The average Bonchev–Trinajstić information content (AvgIpc) is 3.23. The first kappa shape index (κ1) is 19.0. The molecule has 0 unspecified atom stereocenters. The van der Waals surface area contributed by atoms with Crippen molar-refractivity contribution >= 4 is 17.2 Å². The van der Waals surface area contributed by atoms with Crippen LogP contribution in [0.5, 0.6) is 0 Å². The molecule has 142 valence electrons. The molecule has 6 nitrogen and oxygen atoms in total. The molecule has 2 aromatic rings. The molecule has 0 bridgehead atoms. The van der Waals surface area contributed by atoms with E-state index in [0.29, 0.717) is 11.7 Å². The Kier molecular flexibility index (Phi) is 6.43. The van der Waals surface area contributed by atoms with Crippen LogP contribution >= 0.6 is 11.3 Å². The molecule has 1 saturated heterocycles. The van der Waals surface area contributed by atoms with E-state index < -0.39 is 0 Å². The van der Waals surface area contributed by atoms with Crippen molar-refractivity contribution in [3.05, 3.63) is 33.8 Å². The SMILES string of the molecule is Cc1ccsc1CN1CCCC[C@H]1CCn1cc(C(=O)NC(C)C)nn1. The molecule has 3 rings (SSSR count). The van der Waals surface area contributed by atoms with E-state index in [2.05, 4.69) is 38.9 Å². The van der Waals surface area contributed by atoms with E-state index in [-0.39, 0.29) is 11.9 Å². The molecule has 0 aromatic carbocycles. The molecular weight excluding hydrogens is 346 g/mol. The van der Waals surface area contributed by atoms with Gasteiger partial charge in [-0.1, -0.05) is 11.6 Å². The zero-order valence-electron chi connectivity index (χ0n) is 15.9. The van der Waals surface area contributed by atoms with Gasteiger partial charge in [0.1, 0.15) is 0 Å². The first-order valence-corrected chi connectivity index (χ1v) is 10.4. The summed E-state index contributed by atoms with van der Waals surface area (Å²) in [5.41, 5.74) is 1.80. The molecular formula is C19H29N5OS. The minimum atomic E-state index is -0.154. The summed E-state index contributed by atoms with van der Waals surface area (Å²) in [6.45, 7) is 9.09. The van der Waals surface area contributed by atoms with Crippen molar-refractivity contribution in [1.82, 2.24) is 25.2 Å².